The first-order valence-electron chi connectivity index (χ1n) is 4.76. The molecular formula is C10H17IO3. The van der Waals surface area contributed by atoms with Crippen molar-refractivity contribution in [3.63, 3.8) is 0 Å². The Balaban J connectivity index is 2.47. The van der Waals surface area contributed by atoms with Gasteiger partial charge in [0.2, 0.25) is 0 Å². The molecule has 3 nitrogen and oxygen atoms in total. The van der Waals surface area contributed by atoms with Gasteiger partial charge in [-0.25, -0.2) is 0 Å². The highest BCUT2D eigenvalue weighted by Crippen LogP contribution is 2.30. The highest BCUT2D eigenvalue weighted by atomic mass is 127. The average molecular weight is 312 g/mol. The zero-order valence-corrected chi connectivity index (χ0v) is 10.7. The summed E-state index contributed by atoms with van der Waals surface area (Å²) < 4.78 is 12.4. The molecule has 14 heavy (non-hydrogen) atoms. The van der Waals surface area contributed by atoms with Gasteiger partial charge in [-0.2, -0.15) is 0 Å². The first-order valence-corrected chi connectivity index (χ1v) is 6.29. The van der Waals surface area contributed by atoms with E-state index in [0.29, 0.717) is 0 Å². The largest absolute Gasteiger partial charge is 0.392 e. The highest BCUT2D eigenvalue weighted by Gasteiger charge is 2.39. The van der Waals surface area contributed by atoms with Crippen LogP contribution >= 0.6 is 22.6 Å². The summed E-state index contributed by atoms with van der Waals surface area (Å²) in [5, 5.41) is 8.61. The van der Waals surface area contributed by atoms with Gasteiger partial charge in [-0.1, -0.05) is 34.7 Å². The van der Waals surface area contributed by atoms with Crippen LogP contribution in [0.25, 0.3) is 0 Å². The Morgan fingerprint density at radius 1 is 1.29 bits per heavy atom. The monoisotopic (exact) mass is 312 g/mol. The quantitative estimate of drug-likeness (QED) is 0.489. The molecule has 0 aliphatic carbocycles. The Kier molecular flexibility index (Phi) is 4.82. The molecule has 1 rings (SSSR count). The molecule has 0 saturated carbocycles. The molecule has 0 amide bonds. The minimum absolute atomic E-state index is 0.0892. The zero-order valence-electron chi connectivity index (χ0n) is 8.57. The van der Waals surface area contributed by atoms with Crippen molar-refractivity contribution in [2.75, 3.05) is 11.0 Å². The molecule has 1 saturated heterocycles. The zero-order chi connectivity index (χ0) is 10.6. The third-order valence-electron chi connectivity index (χ3n) is 2.08. The molecule has 82 valence electrons. The van der Waals surface area contributed by atoms with Crippen molar-refractivity contribution in [2.45, 2.75) is 38.3 Å². The van der Waals surface area contributed by atoms with Crippen molar-refractivity contribution < 1.29 is 14.6 Å². The van der Waals surface area contributed by atoms with E-state index >= 15 is 0 Å². The smallest absolute Gasteiger partial charge is 0.163 e. The SMILES string of the molecule is CC1(C)O[C@@H](C/C=C/CO)[C@@H](CI)O1. The lowest BCUT2D eigenvalue weighted by Gasteiger charge is -2.16. The van der Waals surface area contributed by atoms with Crippen LogP contribution in [0.2, 0.25) is 0 Å². The standard InChI is InChI=1S/C10H17IO3/c1-10(2)13-8(5-3-4-6-12)9(7-11)14-10/h3-4,8-9,12H,5-7H2,1-2H3/b4-3+/t8-,9+/m0/s1. The summed E-state index contributed by atoms with van der Waals surface area (Å²) in [7, 11) is 0. The van der Waals surface area contributed by atoms with E-state index in [1.807, 2.05) is 19.9 Å². The number of alkyl halides is 1. The number of hydrogen-bond acceptors (Lipinski definition) is 3. The van der Waals surface area contributed by atoms with Crippen molar-refractivity contribution in [1.29, 1.82) is 0 Å². The Morgan fingerprint density at radius 3 is 2.50 bits per heavy atom. The van der Waals surface area contributed by atoms with E-state index in [-0.39, 0.29) is 18.8 Å². The Morgan fingerprint density at radius 2 is 1.93 bits per heavy atom. The molecule has 2 atom stereocenters. The molecule has 1 aliphatic rings. The van der Waals surface area contributed by atoms with Crippen molar-refractivity contribution >= 4 is 22.6 Å². The van der Waals surface area contributed by atoms with Gasteiger partial charge in [0, 0.05) is 4.43 Å². The van der Waals surface area contributed by atoms with E-state index in [2.05, 4.69) is 22.6 Å². The Hall–Kier alpha value is 0.350. The van der Waals surface area contributed by atoms with Crippen molar-refractivity contribution in [3.05, 3.63) is 12.2 Å². The molecule has 1 aliphatic heterocycles. The lowest BCUT2D eigenvalue weighted by atomic mass is 10.1. The molecule has 0 radical (unpaired) electrons. The molecule has 0 aromatic carbocycles. The molecular weight excluding hydrogens is 295 g/mol. The summed E-state index contributed by atoms with van der Waals surface area (Å²) in [4.78, 5) is 0. The number of ether oxygens (including phenoxy) is 2. The fourth-order valence-corrected chi connectivity index (χ4v) is 2.29. The van der Waals surface area contributed by atoms with Crippen LogP contribution in [0.5, 0.6) is 0 Å². The normalized spacial score (nSPS) is 31.4. The Labute approximate surface area is 98.6 Å². The van der Waals surface area contributed by atoms with Crippen LogP contribution in [0.1, 0.15) is 20.3 Å². The minimum Gasteiger partial charge on any atom is -0.392 e. The highest BCUT2D eigenvalue weighted by molar-refractivity contribution is 14.1. The third-order valence-corrected chi connectivity index (χ3v) is 2.95. The van der Waals surface area contributed by atoms with Crippen LogP contribution in [-0.4, -0.2) is 34.1 Å². The molecule has 1 fully saturated rings. The maximum atomic E-state index is 8.61. The fraction of sp³-hybridized carbons (Fsp3) is 0.800. The van der Waals surface area contributed by atoms with Gasteiger partial charge in [0.15, 0.2) is 5.79 Å². The van der Waals surface area contributed by atoms with Crippen molar-refractivity contribution in [2.24, 2.45) is 0 Å². The summed E-state index contributed by atoms with van der Waals surface area (Å²) in [6.07, 6.45) is 4.75. The van der Waals surface area contributed by atoms with Crippen LogP contribution in [0.15, 0.2) is 12.2 Å². The molecule has 0 spiro atoms. The molecule has 1 heterocycles. The summed E-state index contributed by atoms with van der Waals surface area (Å²) >= 11 is 2.30. The number of halogens is 1. The predicted molar refractivity (Wildman–Crippen MR) is 63.6 cm³/mol. The fourth-order valence-electron chi connectivity index (χ4n) is 1.54. The lowest BCUT2D eigenvalue weighted by Crippen LogP contribution is -2.23. The van der Waals surface area contributed by atoms with Gasteiger partial charge in [-0.15, -0.1) is 0 Å². The summed E-state index contributed by atoms with van der Waals surface area (Å²) in [5.41, 5.74) is 0. The lowest BCUT2D eigenvalue weighted by molar-refractivity contribution is -0.144. The van der Waals surface area contributed by atoms with Gasteiger partial charge in [0.05, 0.1) is 18.8 Å². The summed E-state index contributed by atoms with van der Waals surface area (Å²) in [5.74, 6) is -0.465. The second kappa shape index (κ2) is 5.44. The first kappa shape index (κ1) is 12.4. The predicted octanol–water partition coefficient (Wildman–Crippen LogP) is 1.88. The number of hydrogen-bond donors (Lipinski definition) is 1. The van der Waals surface area contributed by atoms with Gasteiger partial charge < -0.3 is 14.6 Å². The molecule has 4 heteroatoms. The van der Waals surface area contributed by atoms with Crippen LogP contribution in [0.3, 0.4) is 0 Å². The molecule has 0 unspecified atom stereocenters. The third kappa shape index (κ3) is 3.49. The van der Waals surface area contributed by atoms with E-state index in [9.17, 15) is 0 Å². The molecule has 0 aromatic rings. The number of aliphatic hydroxyl groups is 1. The van der Waals surface area contributed by atoms with E-state index < -0.39 is 5.79 Å². The van der Waals surface area contributed by atoms with Crippen LogP contribution in [-0.2, 0) is 9.47 Å². The van der Waals surface area contributed by atoms with Gasteiger partial charge in [0.25, 0.3) is 0 Å². The van der Waals surface area contributed by atoms with E-state index in [0.717, 1.165) is 10.8 Å². The van der Waals surface area contributed by atoms with Gasteiger partial charge in [-0.05, 0) is 20.3 Å². The van der Waals surface area contributed by atoms with Crippen LogP contribution < -0.4 is 0 Å². The molecule has 0 bridgehead atoms. The van der Waals surface area contributed by atoms with E-state index in [1.54, 1.807) is 6.08 Å². The second-order valence-electron chi connectivity index (χ2n) is 3.76. The average Bonchev–Trinajstić information content (AvgIpc) is 2.41. The maximum absolute atomic E-state index is 8.61. The maximum Gasteiger partial charge on any atom is 0.163 e. The second-order valence-corrected chi connectivity index (χ2v) is 4.64. The topological polar surface area (TPSA) is 38.7 Å². The molecule has 0 aromatic heterocycles. The summed E-state index contributed by atoms with van der Waals surface area (Å²) in [6, 6.07) is 0. The van der Waals surface area contributed by atoms with Crippen LogP contribution in [0, 0.1) is 0 Å². The van der Waals surface area contributed by atoms with Crippen molar-refractivity contribution in [3.8, 4) is 0 Å². The van der Waals surface area contributed by atoms with E-state index in [4.69, 9.17) is 14.6 Å². The first-order chi connectivity index (χ1) is 6.59. The van der Waals surface area contributed by atoms with Crippen molar-refractivity contribution in [1.82, 2.24) is 0 Å². The Bertz CT molecular complexity index is 204. The van der Waals surface area contributed by atoms with Gasteiger partial charge >= 0.3 is 0 Å². The minimum atomic E-state index is -0.465. The van der Waals surface area contributed by atoms with Gasteiger partial charge in [-0.3, -0.25) is 0 Å². The molecule has 1 N–H and O–H groups in total. The van der Waals surface area contributed by atoms with Crippen LogP contribution in [0.4, 0.5) is 0 Å². The van der Waals surface area contributed by atoms with Gasteiger partial charge in [0.1, 0.15) is 0 Å². The van der Waals surface area contributed by atoms with E-state index in [1.165, 1.54) is 0 Å². The summed E-state index contributed by atoms with van der Waals surface area (Å²) in [6.45, 7) is 3.95. The number of aliphatic hydroxyl groups excluding tert-OH is 1. The number of rotatable bonds is 4.